The summed E-state index contributed by atoms with van der Waals surface area (Å²) in [5.74, 6) is 2.07. The first-order chi connectivity index (χ1) is 14.5. The molecular formula is C21H29N3O5S. The van der Waals surface area contributed by atoms with Gasteiger partial charge in [-0.15, -0.1) is 0 Å². The monoisotopic (exact) mass is 435 g/mol. The highest BCUT2D eigenvalue weighted by atomic mass is 32.2. The van der Waals surface area contributed by atoms with Crippen LogP contribution in [0.5, 0.6) is 11.5 Å². The first-order valence-electron chi connectivity index (χ1n) is 10.8. The van der Waals surface area contributed by atoms with Crippen molar-refractivity contribution in [3.63, 3.8) is 0 Å². The van der Waals surface area contributed by atoms with Gasteiger partial charge in [0.2, 0.25) is 12.7 Å². The number of ether oxygens (including phenoxy) is 2. The fourth-order valence-electron chi connectivity index (χ4n) is 4.73. The van der Waals surface area contributed by atoms with Gasteiger partial charge in [0.05, 0.1) is 18.1 Å². The van der Waals surface area contributed by atoms with E-state index in [1.54, 1.807) is 0 Å². The minimum atomic E-state index is -2.98. The third-order valence-electron chi connectivity index (χ3n) is 6.50. The zero-order valence-corrected chi connectivity index (χ0v) is 18.0. The molecule has 3 fully saturated rings. The summed E-state index contributed by atoms with van der Waals surface area (Å²) < 4.78 is 34.6. The summed E-state index contributed by atoms with van der Waals surface area (Å²) >= 11 is 0. The summed E-state index contributed by atoms with van der Waals surface area (Å²) in [6.07, 6.45) is 2.60. The van der Waals surface area contributed by atoms with E-state index in [0.717, 1.165) is 57.1 Å². The third-order valence-corrected chi connectivity index (χ3v) is 8.25. The highest BCUT2D eigenvalue weighted by Gasteiger charge is 2.42. The lowest BCUT2D eigenvalue weighted by atomic mass is 10.1. The van der Waals surface area contributed by atoms with Gasteiger partial charge in [0.25, 0.3) is 0 Å². The summed E-state index contributed by atoms with van der Waals surface area (Å²) in [7, 11) is -2.98. The maximum Gasteiger partial charge on any atom is 0.237 e. The van der Waals surface area contributed by atoms with Gasteiger partial charge < -0.3 is 14.4 Å². The minimum absolute atomic E-state index is 0.101. The van der Waals surface area contributed by atoms with Crippen molar-refractivity contribution in [2.75, 3.05) is 51.0 Å². The minimum Gasteiger partial charge on any atom is -0.454 e. The molecule has 1 saturated carbocycles. The van der Waals surface area contributed by atoms with E-state index >= 15 is 0 Å². The normalized spacial score (nSPS) is 26.1. The molecule has 9 heteroatoms. The van der Waals surface area contributed by atoms with E-state index in [0.29, 0.717) is 13.0 Å². The summed E-state index contributed by atoms with van der Waals surface area (Å²) in [5, 5.41) is 0. The predicted octanol–water partition coefficient (Wildman–Crippen LogP) is 0.711. The topological polar surface area (TPSA) is 79.4 Å². The number of hydrogen-bond donors (Lipinski definition) is 0. The molecule has 1 atom stereocenters. The van der Waals surface area contributed by atoms with E-state index in [1.165, 1.54) is 5.56 Å². The lowest BCUT2D eigenvalue weighted by Gasteiger charge is -2.36. The first kappa shape index (κ1) is 20.1. The second kappa shape index (κ2) is 8.01. The largest absolute Gasteiger partial charge is 0.454 e. The van der Waals surface area contributed by atoms with Crippen LogP contribution < -0.4 is 9.47 Å². The van der Waals surface area contributed by atoms with Crippen molar-refractivity contribution in [3.05, 3.63) is 23.8 Å². The van der Waals surface area contributed by atoms with E-state index < -0.39 is 9.84 Å². The number of amides is 1. The van der Waals surface area contributed by atoms with Gasteiger partial charge >= 0.3 is 0 Å². The van der Waals surface area contributed by atoms with Crippen LogP contribution in [-0.4, -0.2) is 92.1 Å². The molecule has 0 bridgehead atoms. The van der Waals surface area contributed by atoms with Crippen molar-refractivity contribution in [1.29, 1.82) is 0 Å². The Morgan fingerprint density at radius 3 is 2.43 bits per heavy atom. The molecule has 0 N–H and O–H groups in total. The standard InChI is InChI=1S/C21H29N3O5S/c25-21(24(17-2-3-17)18-5-10-30(26,27)14-18)13-23-8-6-22(7-9-23)12-16-1-4-19-20(11-16)29-15-28-19/h1,4,11,17-18H,2-3,5-10,12-15H2. The van der Waals surface area contributed by atoms with Crippen molar-refractivity contribution in [2.24, 2.45) is 0 Å². The number of hydrogen-bond acceptors (Lipinski definition) is 7. The molecule has 0 aromatic heterocycles. The van der Waals surface area contributed by atoms with Crippen LogP contribution in [0, 0.1) is 0 Å². The molecule has 5 rings (SSSR count). The average Bonchev–Trinajstić information content (AvgIpc) is 3.31. The van der Waals surface area contributed by atoms with E-state index in [1.807, 2.05) is 17.0 Å². The molecule has 0 radical (unpaired) electrons. The lowest BCUT2D eigenvalue weighted by Crippen LogP contribution is -2.52. The van der Waals surface area contributed by atoms with Crippen LogP contribution in [0.15, 0.2) is 18.2 Å². The fourth-order valence-corrected chi connectivity index (χ4v) is 6.44. The zero-order valence-electron chi connectivity index (χ0n) is 17.2. The van der Waals surface area contributed by atoms with Gasteiger partial charge in [0.15, 0.2) is 21.3 Å². The summed E-state index contributed by atoms with van der Waals surface area (Å²) in [4.78, 5) is 19.5. The van der Waals surface area contributed by atoms with Gasteiger partial charge in [-0.3, -0.25) is 14.6 Å². The Labute approximate surface area is 177 Å². The molecule has 2 saturated heterocycles. The first-order valence-corrected chi connectivity index (χ1v) is 12.6. The number of nitrogens with zero attached hydrogens (tertiary/aromatic N) is 3. The Morgan fingerprint density at radius 1 is 1.00 bits per heavy atom. The SMILES string of the molecule is O=C(CN1CCN(Cc2ccc3c(c2)OCO3)CC1)N(C1CC1)C1CCS(=O)(=O)C1. The molecule has 4 aliphatic rings. The number of fused-ring (bicyclic) bond motifs is 1. The molecular weight excluding hydrogens is 406 g/mol. The molecule has 1 aliphatic carbocycles. The number of piperazine rings is 1. The molecule has 1 aromatic rings. The lowest BCUT2D eigenvalue weighted by molar-refractivity contribution is -0.135. The van der Waals surface area contributed by atoms with E-state index in [-0.39, 0.29) is 36.3 Å². The second-order valence-electron chi connectivity index (χ2n) is 8.83. The van der Waals surface area contributed by atoms with Crippen LogP contribution in [0.3, 0.4) is 0 Å². The molecule has 30 heavy (non-hydrogen) atoms. The zero-order chi connectivity index (χ0) is 20.7. The highest BCUT2D eigenvalue weighted by Crippen LogP contribution is 2.33. The second-order valence-corrected chi connectivity index (χ2v) is 11.1. The van der Waals surface area contributed by atoms with Crippen LogP contribution >= 0.6 is 0 Å². The summed E-state index contributed by atoms with van der Waals surface area (Å²) in [6, 6.07) is 6.21. The predicted molar refractivity (Wildman–Crippen MR) is 111 cm³/mol. The Hall–Kier alpha value is -1.84. The van der Waals surface area contributed by atoms with Crippen LogP contribution in [0.1, 0.15) is 24.8 Å². The highest BCUT2D eigenvalue weighted by molar-refractivity contribution is 7.91. The van der Waals surface area contributed by atoms with Gasteiger partial charge in [-0.25, -0.2) is 8.42 Å². The third kappa shape index (κ3) is 4.43. The molecule has 3 heterocycles. The fraction of sp³-hybridized carbons (Fsp3) is 0.667. The van der Waals surface area contributed by atoms with Crippen LogP contribution in [-0.2, 0) is 21.2 Å². The molecule has 3 aliphatic heterocycles. The van der Waals surface area contributed by atoms with E-state index in [2.05, 4.69) is 15.9 Å². The van der Waals surface area contributed by atoms with Gasteiger partial charge in [-0.1, -0.05) is 6.07 Å². The number of carbonyl (C=O) groups excluding carboxylic acids is 1. The number of benzene rings is 1. The van der Waals surface area contributed by atoms with Crippen molar-refractivity contribution in [1.82, 2.24) is 14.7 Å². The van der Waals surface area contributed by atoms with E-state index in [4.69, 9.17) is 9.47 Å². The van der Waals surface area contributed by atoms with Gasteiger partial charge in [-0.2, -0.15) is 0 Å². The molecule has 164 valence electrons. The van der Waals surface area contributed by atoms with Crippen LogP contribution in [0.25, 0.3) is 0 Å². The Kier molecular flexibility index (Phi) is 5.37. The summed E-state index contributed by atoms with van der Waals surface area (Å²) in [6.45, 7) is 5.04. The van der Waals surface area contributed by atoms with Crippen molar-refractivity contribution >= 4 is 15.7 Å². The Morgan fingerprint density at radius 2 is 1.73 bits per heavy atom. The van der Waals surface area contributed by atoms with Gasteiger partial charge in [-0.05, 0) is 37.0 Å². The Balaban J connectivity index is 1.13. The van der Waals surface area contributed by atoms with Gasteiger partial charge in [0, 0.05) is 44.8 Å². The van der Waals surface area contributed by atoms with Crippen LogP contribution in [0.2, 0.25) is 0 Å². The maximum absolute atomic E-state index is 13.0. The molecule has 1 unspecified atom stereocenters. The molecule has 1 amide bonds. The van der Waals surface area contributed by atoms with Gasteiger partial charge in [0.1, 0.15) is 0 Å². The number of rotatable bonds is 6. The molecule has 1 aromatic carbocycles. The van der Waals surface area contributed by atoms with Crippen molar-refractivity contribution in [2.45, 2.75) is 37.9 Å². The van der Waals surface area contributed by atoms with Crippen molar-refractivity contribution < 1.29 is 22.7 Å². The number of sulfone groups is 1. The summed E-state index contributed by atoms with van der Waals surface area (Å²) in [5.41, 5.74) is 1.20. The average molecular weight is 436 g/mol. The number of carbonyl (C=O) groups is 1. The van der Waals surface area contributed by atoms with E-state index in [9.17, 15) is 13.2 Å². The van der Waals surface area contributed by atoms with Crippen molar-refractivity contribution in [3.8, 4) is 11.5 Å². The smallest absolute Gasteiger partial charge is 0.237 e. The Bertz CT molecular complexity index is 909. The quantitative estimate of drug-likeness (QED) is 0.651. The van der Waals surface area contributed by atoms with Crippen LogP contribution in [0.4, 0.5) is 0 Å². The molecule has 8 nitrogen and oxygen atoms in total. The molecule has 0 spiro atoms. The maximum atomic E-state index is 13.0.